The second kappa shape index (κ2) is 8.24. The van der Waals surface area contributed by atoms with Gasteiger partial charge in [0.05, 0.1) is 4.90 Å². The monoisotopic (exact) mass is 415 g/mol. The van der Waals surface area contributed by atoms with Gasteiger partial charge in [0.2, 0.25) is 16.8 Å². The number of hydrogen-bond acceptors (Lipinski definition) is 6. The Kier molecular flexibility index (Phi) is 5.52. The Bertz CT molecular complexity index is 1190. The van der Waals surface area contributed by atoms with Gasteiger partial charge in [0.1, 0.15) is 0 Å². The Morgan fingerprint density at radius 3 is 2.72 bits per heavy atom. The predicted octanol–water partition coefficient (Wildman–Crippen LogP) is 1.37. The zero-order valence-corrected chi connectivity index (χ0v) is 16.4. The minimum atomic E-state index is -3.72. The number of aromatic nitrogens is 1. The van der Waals surface area contributed by atoms with Crippen molar-refractivity contribution >= 4 is 20.8 Å². The molecule has 0 spiro atoms. The van der Waals surface area contributed by atoms with Gasteiger partial charge in [0, 0.05) is 30.1 Å². The number of H-pyrrole nitrogens is 1. The van der Waals surface area contributed by atoms with Crippen molar-refractivity contribution in [2.24, 2.45) is 0 Å². The third-order valence-corrected chi connectivity index (χ3v) is 6.21. The number of pyridine rings is 1. The molecule has 3 aromatic rings. The van der Waals surface area contributed by atoms with Crippen molar-refractivity contribution in [3.8, 4) is 11.5 Å². The van der Waals surface area contributed by atoms with Crippen LogP contribution < -0.4 is 25.1 Å². The Labute approximate surface area is 167 Å². The second-order valence-corrected chi connectivity index (χ2v) is 8.34. The smallest absolute Gasteiger partial charge is 0.255 e. The summed E-state index contributed by atoms with van der Waals surface area (Å²) in [7, 11) is -3.72. The molecule has 3 N–H and O–H groups in total. The topological polar surface area (TPSA) is 110 Å². The SMILES string of the molecule is O=c1[nH]ccc2c(S(=O)(=O)NCCNCCc3ccc4c(c3)OCO4)cccc12. The van der Waals surface area contributed by atoms with Crippen LogP contribution in [0.25, 0.3) is 10.8 Å². The molecule has 0 bridgehead atoms. The largest absolute Gasteiger partial charge is 0.454 e. The molecule has 0 fully saturated rings. The Morgan fingerprint density at radius 1 is 0.966 bits per heavy atom. The summed E-state index contributed by atoms with van der Waals surface area (Å²) in [5.41, 5.74) is 0.799. The first kappa shape index (κ1) is 19.4. The van der Waals surface area contributed by atoms with Crippen molar-refractivity contribution in [1.29, 1.82) is 0 Å². The fourth-order valence-electron chi connectivity index (χ4n) is 3.23. The van der Waals surface area contributed by atoms with Crippen LogP contribution >= 0.6 is 0 Å². The maximum atomic E-state index is 12.6. The van der Waals surface area contributed by atoms with Crippen molar-refractivity contribution in [2.45, 2.75) is 11.3 Å². The van der Waals surface area contributed by atoms with Gasteiger partial charge in [-0.2, -0.15) is 0 Å². The molecule has 8 nitrogen and oxygen atoms in total. The fourth-order valence-corrected chi connectivity index (χ4v) is 4.48. The van der Waals surface area contributed by atoms with Gasteiger partial charge in [-0.25, -0.2) is 13.1 Å². The van der Waals surface area contributed by atoms with E-state index in [9.17, 15) is 13.2 Å². The standard InChI is InChI=1S/C20H21N3O5S/c24-20-16-2-1-3-19(15(16)7-9-22-20)29(25,26)23-11-10-21-8-6-14-4-5-17-18(12-14)28-13-27-17/h1-5,7,9,12,21,23H,6,8,10-11,13H2,(H,22,24). The molecule has 152 valence electrons. The molecule has 0 saturated heterocycles. The van der Waals surface area contributed by atoms with E-state index in [1.807, 2.05) is 18.2 Å². The number of aromatic amines is 1. The van der Waals surface area contributed by atoms with Gasteiger partial charge >= 0.3 is 0 Å². The lowest BCUT2D eigenvalue weighted by Gasteiger charge is -2.10. The van der Waals surface area contributed by atoms with Gasteiger partial charge in [-0.1, -0.05) is 12.1 Å². The van der Waals surface area contributed by atoms with E-state index in [1.165, 1.54) is 12.3 Å². The van der Waals surface area contributed by atoms with Crippen LogP contribution in [0.3, 0.4) is 0 Å². The van der Waals surface area contributed by atoms with E-state index in [4.69, 9.17) is 9.47 Å². The molecule has 1 aromatic heterocycles. The average molecular weight is 415 g/mol. The summed E-state index contributed by atoms with van der Waals surface area (Å²) in [6.45, 7) is 1.67. The number of fused-ring (bicyclic) bond motifs is 2. The van der Waals surface area contributed by atoms with E-state index >= 15 is 0 Å². The highest BCUT2D eigenvalue weighted by Gasteiger charge is 2.17. The lowest BCUT2D eigenvalue weighted by molar-refractivity contribution is 0.174. The summed E-state index contributed by atoms with van der Waals surface area (Å²) in [4.78, 5) is 14.5. The highest BCUT2D eigenvalue weighted by atomic mass is 32.2. The van der Waals surface area contributed by atoms with Crippen LogP contribution in [-0.2, 0) is 16.4 Å². The zero-order valence-electron chi connectivity index (χ0n) is 15.6. The first-order valence-electron chi connectivity index (χ1n) is 9.24. The molecule has 0 aliphatic carbocycles. The van der Waals surface area contributed by atoms with E-state index in [2.05, 4.69) is 15.0 Å². The minimum absolute atomic E-state index is 0.0986. The molecule has 0 atom stereocenters. The number of rotatable bonds is 8. The third-order valence-electron chi connectivity index (χ3n) is 4.69. The van der Waals surface area contributed by atoms with Crippen LogP contribution in [0.1, 0.15) is 5.56 Å². The molecule has 0 radical (unpaired) electrons. The van der Waals surface area contributed by atoms with E-state index < -0.39 is 10.0 Å². The zero-order chi connectivity index (χ0) is 20.3. The van der Waals surface area contributed by atoms with E-state index in [0.29, 0.717) is 23.9 Å². The summed E-state index contributed by atoms with van der Waals surface area (Å²) in [5, 5.41) is 3.96. The molecule has 0 amide bonds. The van der Waals surface area contributed by atoms with Gasteiger partial charge in [-0.3, -0.25) is 4.79 Å². The lowest BCUT2D eigenvalue weighted by Crippen LogP contribution is -2.32. The van der Waals surface area contributed by atoms with E-state index in [-0.39, 0.29) is 23.8 Å². The molecule has 1 aliphatic heterocycles. The molecule has 2 heterocycles. The van der Waals surface area contributed by atoms with Crippen molar-refractivity contribution in [1.82, 2.24) is 15.0 Å². The van der Waals surface area contributed by atoms with Crippen LogP contribution in [0.5, 0.6) is 11.5 Å². The van der Waals surface area contributed by atoms with Crippen molar-refractivity contribution < 1.29 is 17.9 Å². The maximum Gasteiger partial charge on any atom is 0.255 e. The quantitative estimate of drug-likeness (QED) is 0.480. The first-order chi connectivity index (χ1) is 14.0. The molecule has 0 saturated carbocycles. The van der Waals surface area contributed by atoms with Gasteiger partial charge in [0.25, 0.3) is 5.56 Å². The lowest BCUT2D eigenvalue weighted by atomic mass is 10.1. The second-order valence-electron chi connectivity index (χ2n) is 6.61. The number of sulfonamides is 1. The molecule has 9 heteroatoms. The predicted molar refractivity (Wildman–Crippen MR) is 109 cm³/mol. The average Bonchev–Trinajstić information content (AvgIpc) is 3.18. The van der Waals surface area contributed by atoms with E-state index in [1.54, 1.807) is 18.2 Å². The maximum absolute atomic E-state index is 12.6. The van der Waals surface area contributed by atoms with Gasteiger partial charge in [0.15, 0.2) is 11.5 Å². The fraction of sp³-hybridized carbons (Fsp3) is 0.250. The molecule has 1 aliphatic rings. The van der Waals surface area contributed by atoms with E-state index in [0.717, 1.165) is 23.5 Å². The summed E-state index contributed by atoms with van der Waals surface area (Å²) in [6.07, 6.45) is 2.23. The van der Waals surface area contributed by atoms with Gasteiger partial charge in [-0.05, 0) is 48.9 Å². The molecule has 4 rings (SSSR count). The van der Waals surface area contributed by atoms with Crippen molar-refractivity contribution in [3.05, 3.63) is 64.6 Å². The van der Waals surface area contributed by atoms with Crippen molar-refractivity contribution in [2.75, 3.05) is 26.4 Å². The van der Waals surface area contributed by atoms with Crippen LogP contribution in [-0.4, -0.2) is 39.8 Å². The molecule has 0 unspecified atom stereocenters. The normalized spacial score (nSPS) is 13.1. The van der Waals surface area contributed by atoms with Gasteiger partial charge < -0.3 is 19.8 Å². The summed E-state index contributed by atoms with van der Waals surface area (Å²) in [6, 6.07) is 12.1. The molecular weight excluding hydrogens is 394 g/mol. The minimum Gasteiger partial charge on any atom is -0.454 e. The van der Waals surface area contributed by atoms with Gasteiger partial charge in [-0.15, -0.1) is 0 Å². The molecule has 29 heavy (non-hydrogen) atoms. The van der Waals surface area contributed by atoms with Crippen LogP contribution in [0.4, 0.5) is 0 Å². The molecule has 2 aromatic carbocycles. The highest BCUT2D eigenvalue weighted by molar-refractivity contribution is 7.89. The van der Waals surface area contributed by atoms with Crippen LogP contribution in [0.15, 0.2) is 58.4 Å². The Balaban J connectivity index is 1.29. The number of nitrogens with one attached hydrogen (secondary N) is 3. The van der Waals surface area contributed by atoms with Crippen LogP contribution in [0, 0.1) is 0 Å². The Morgan fingerprint density at radius 2 is 1.83 bits per heavy atom. The third kappa shape index (κ3) is 4.26. The molecular formula is C20H21N3O5S. The van der Waals surface area contributed by atoms with Crippen molar-refractivity contribution in [3.63, 3.8) is 0 Å². The number of ether oxygens (including phenoxy) is 2. The number of hydrogen-bond donors (Lipinski definition) is 3. The summed E-state index contributed by atoms with van der Waals surface area (Å²) < 4.78 is 38.5. The summed E-state index contributed by atoms with van der Waals surface area (Å²) in [5.74, 6) is 1.51. The highest BCUT2D eigenvalue weighted by Crippen LogP contribution is 2.32. The summed E-state index contributed by atoms with van der Waals surface area (Å²) >= 11 is 0. The Hall–Kier alpha value is -2.88. The van der Waals surface area contributed by atoms with Crippen LogP contribution in [0.2, 0.25) is 0 Å². The number of benzene rings is 2. The first-order valence-corrected chi connectivity index (χ1v) is 10.7.